The van der Waals surface area contributed by atoms with E-state index < -0.39 is 17.8 Å². The Bertz CT molecular complexity index is 872. The smallest absolute Gasteiger partial charge is 0.320 e. The lowest BCUT2D eigenvalue weighted by molar-refractivity contribution is 0.0996. The quantitative estimate of drug-likeness (QED) is 0.590. The van der Waals surface area contributed by atoms with Crippen molar-refractivity contribution in [1.29, 1.82) is 0 Å². The Hall–Kier alpha value is -2.20. The Labute approximate surface area is 167 Å². The standard InChI is InChI=1S/C17H18BrFN4O3S/c1-8(9-2-3-9)21-17(25)22-16-13(14(20)24)15(23-27-16)26-7-10-4-5-11(18)6-12(10)19/h4-6,8-9H,2-3,7H2,1H3,(H2,20,24)(H2,21,22,25). The largest absolute Gasteiger partial charge is 0.471 e. The lowest BCUT2D eigenvalue weighted by Crippen LogP contribution is -2.37. The molecule has 1 aromatic heterocycles. The number of hydrogen-bond donors (Lipinski definition) is 3. The third kappa shape index (κ3) is 4.95. The van der Waals surface area contributed by atoms with Crippen molar-refractivity contribution >= 4 is 44.4 Å². The first-order valence-corrected chi connectivity index (χ1v) is 9.85. The summed E-state index contributed by atoms with van der Waals surface area (Å²) in [5.74, 6) is -0.791. The number of rotatable bonds is 7. The molecule has 1 fully saturated rings. The van der Waals surface area contributed by atoms with Crippen LogP contribution in [0.4, 0.5) is 14.2 Å². The van der Waals surface area contributed by atoms with Gasteiger partial charge in [-0.15, -0.1) is 0 Å². The summed E-state index contributed by atoms with van der Waals surface area (Å²) in [7, 11) is 0. The zero-order chi connectivity index (χ0) is 19.6. The van der Waals surface area contributed by atoms with Gasteiger partial charge in [0, 0.05) is 16.1 Å². The minimum Gasteiger partial charge on any atom is -0.471 e. The van der Waals surface area contributed by atoms with Crippen molar-refractivity contribution in [2.75, 3.05) is 5.32 Å². The fourth-order valence-corrected chi connectivity index (χ4v) is 3.59. The monoisotopic (exact) mass is 456 g/mol. The second kappa shape index (κ2) is 8.22. The Kier molecular flexibility index (Phi) is 5.95. The molecule has 1 saturated carbocycles. The number of halogens is 2. The molecule has 2 aromatic rings. The van der Waals surface area contributed by atoms with E-state index in [4.69, 9.17) is 10.5 Å². The van der Waals surface area contributed by atoms with Crippen LogP contribution in [-0.4, -0.2) is 22.4 Å². The molecule has 1 atom stereocenters. The Morgan fingerprint density at radius 2 is 2.22 bits per heavy atom. The van der Waals surface area contributed by atoms with Crippen molar-refractivity contribution < 1.29 is 18.7 Å². The molecule has 1 aliphatic carbocycles. The van der Waals surface area contributed by atoms with E-state index in [0.29, 0.717) is 16.0 Å². The molecule has 0 aliphatic heterocycles. The van der Waals surface area contributed by atoms with Crippen LogP contribution in [0.5, 0.6) is 5.88 Å². The Balaban J connectivity index is 1.68. The number of hydrogen-bond acceptors (Lipinski definition) is 5. The highest BCUT2D eigenvalue weighted by molar-refractivity contribution is 9.10. The summed E-state index contributed by atoms with van der Waals surface area (Å²) in [6.07, 6.45) is 2.19. The molecule has 4 N–H and O–H groups in total. The third-order valence-electron chi connectivity index (χ3n) is 4.20. The molecular weight excluding hydrogens is 439 g/mol. The number of primary amides is 1. The summed E-state index contributed by atoms with van der Waals surface area (Å²) in [5, 5.41) is 5.60. The van der Waals surface area contributed by atoms with Gasteiger partial charge in [-0.1, -0.05) is 22.0 Å². The summed E-state index contributed by atoms with van der Waals surface area (Å²) in [6, 6.07) is 4.15. The van der Waals surface area contributed by atoms with E-state index in [0.717, 1.165) is 24.4 Å². The molecule has 27 heavy (non-hydrogen) atoms. The maximum atomic E-state index is 13.9. The van der Waals surface area contributed by atoms with E-state index in [-0.39, 0.29) is 29.1 Å². The first kappa shape index (κ1) is 19.6. The van der Waals surface area contributed by atoms with E-state index in [2.05, 4.69) is 30.9 Å². The van der Waals surface area contributed by atoms with Gasteiger partial charge in [-0.05, 0) is 49.3 Å². The zero-order valence-corrected chi connectivity index (χ0v) is 16.8. The predicted octanol–water partition coefficient (Wildman–Crippen LogP) is 3.64. The average Bonchev–Trinajstić information content (AvgIpc) is 3.36. The van der Waals surface area contributed by atoms with Gasteiger partial charge in [-0.2, -0.15) is 4.37 Å². The number of carbonyl (C=O) groups is 2. The van der Waals surface area contributed by atoms with Crippen LogP contribution in [0.1, 0.15) is 35.7 Å². The summed E-state index contributed by atoms with van der Waals surface area (Å²) >= 11 is 4.06. The van der Waals surface area contributed by atoms with Gasteiger partial charge in [0.05, 0.1) is 0 Å². The molecule has 10 heteroatoms. The lowest BCUT2D eigenvalue weighted by atomic mass is 10.2. The van der Waals surface area contributed by atoms with Crippen LogP contribution in [0.2, 0.25) is 0 Å². The van der Waals surface area contributed by atoms with Gasteiger partial charge in [0.2, 0.25) is 5.88 Å². The molecule has 144 valence electrons. The van der Waals surface area contributed by atoms with Gasteiger partial charge in [0.15, 0.2) is 0 Å². The molecule has 0 saturated heterocycles. The molecule has 7 nitrogen and oxygen atoms in total. The molecule has 1 aromatic carbocycles. The fraction of sp³-hybridized carbons (Fsp3) is 0.353. The fourth-order valence-electron chi connectivity index (χ4n) is 2.52. The van der Waals surface area contributed by atoms with Crippen LogP contribution in [0, 0.1) is 11.7 Å². The summed E-state index contributed by atoms with van der Waals surface area (Å²) < 4.78 is 24.0. The van der Waals surface area contributed by atoms with Gasteiger partial charge >= 0.3 is 6.03 Å². The molecule has 3 rings (SSSR count). The molecule has 0 radical (unpaired) electrons. The topological polar surface area (TPSA) is 106 Å². The highest BCUT2D eigenvalue weighted by Gasteiger charge is 2.29. The summed E-state index contributed by atoms with van der Waals surface area (Å²) in [6.45, 7) is 1.80. The lowest BCUT2D eigenvalue weighted by Gasteiger charge is -2.13. The van der Waals surface area contributed by atoms with Crippen LogP contribution in [0.15, 0.2) is 22.7 Å². The number of ether oxygens (including phenoxy) is 1. The number of carbonyl (C=O) groups excluding carboxylic acids is 2. The van der Waals surface area contributed by atoms with E-state index in [9.17, 15) is 14.0 Å². The molecule has 1 aliphatic rings. The zero-order valence-electron chi connectivity index (χ0n) is 14.4. The Morgan fingerprint density at radius 1 is 1.48 bits per heavy atom. The number of nitrogens with one attached hydrogen (secondary N) is 2. The normalized spacial score (nSPS) is 14.5. The predicted molar refractivity (Wildman–Crippen MR) is 103 cm³/mol. The van der Waals surface area contributed by atoms with Crippen LogP contribution >= 0.6 is 27.5 Å². The molecular formula is C17H18BrFN4O3S. The van der Waals surface area contributed by atoms with Crippen molar-refractivity contribution in [2.24, 2.45) is 11.7 Å². The van der Waals surface area contributed by atoms with Crippen molar-refractivity contribution in [3.8, 4) is 5.88 Å². The van der Waals surface area contributed by atoms with E-state index in [1.54, 1.807) is 12.1 Å². The highest BCUT2D eigenvalue weighted by atomic mass is 79.9. The number of benzene rings is 1. The maximum Gasteiger partial charge on any atom is 0.320 e. The SMILES string of the molecule is CC(NC(=O)Nc1snc(OCc2ccc(Br)cc2F)c1C(N)=O)C1CC1. The summed E-state index contributed by atoms with van der Waals surface area (Å²) in [4.78, 5) is 23.9. The minimum absolute atomic E-state index is 0.0354. The molecule has 0 spiro atoms. The van der Waals surface area contributed by atoms with E-state index in [1.807, 2.05) is 6.92 Å². The first-order valence-electron chi connectivity index (χ1n) is 8.29. The van der Waals surface area contributed by atoms with Crippen molar-refractivity contribution in [1.82, 2.24) is 9.69 Å². The van der Waals surface area contributed by atoms with Gasteiger partial charge in [0.1, 0.15) is 23.0 Å². The van der Waals surface area contributed by atoms with Crippen LogP contribution in [-0.2, 0) is 6.61 Å². The number of nitrogens with zero attached hydrogens (tertiary/aromatic N) is 1. The second-order valence-corrected chi connectivity index (χ2v) is 7.99. The van der Waals surface area contributed by atoms with Gasteiger partial charge < -0.3 is 15.8 Å². The number of nitrogens with two attached hydrogens (primary N) is 1. The Morgan fingerprint density at radius 3 is 2.85 bits per heavy atom. The number of amides is 3. The number of anilines is 1. The van der Waals surface area contributed by atoms with Crippen LogP contribution in [0.25, 0.3) is 0 Å². The maximum absolute atomic E-state index is 13.9. The molecule has 0 bridgehead atoms. The van der Waals surface area contributed by atoms with Crippen LogP contribution in [0.3, 0.4) is 0 Å². The number of urea groups is 1. The van der Waals surface area contributed by atoms with E-state index >= 15 is 0 Å². The highest BCUT2D eigenvalue weighted by Crippen LogP contribution is 2.33. The van der Waals surface area contributed by atoms with Gasteiger partial charge in [-0.25, -0.2) is 9.18 Å². The first-order chi connectivity index (χ1) is 12.8. The van der Waals surface area contributed by atoms with Gasteiger partial charge in [-0.3, -0.25) is 10.1 Å². The van der Waals surface area contributed by atoms with Crippen LogP contribution < -0.4 is 21.1 Å². The molecule has 1 heterocycles. The molecule has 1 unspecified atom stereocenters. The molecule has 3 amide bonds. The number of aromatic nitrogens is 1. The van der Waals surface area contributed by atoms with Crippen molar-refractivity contribution in [2.45, 2.75) is 32.4 Å². The van der Waals surface area contributed by atoms with Crippen molar-refractivity contribution in [3.05, 3.63) is 39.6 Å². The van der Waals surface area contributed by atoms with E-state index in [1.165, 1.54) is 6.07 Å². The second-order valence-electron chi connectivity index (χ2n) is 6.31. The average molecular weight is 457 g/mol. The minimum atomic E-state index is -0.791. The third-order valence-corrected chi connectivity index (χ3v) is 5.44. The van der Waals surface area contributed by atoms with Crippen molar-refractivity contribution in [3.63, 3.8) is 0 Å². The summed E-state index contributed by atoms with van der Waals surface area (Å²) in [5.41, 5.74) is 5.67. The van der Waals surface area contributed by atoms with Gasteiger partial charge in [0.25, 0.3) is 5.91 Å².